The second-order valence-electron chi connectivity index (χ2n) is 9.87. The van der Waals surface area contributed by atoms with Gasteiger partial charge in [0.25, 0.3) is 5.91 Å². The van der Waals surface area contributed by atoms with Crippen LogP contribution in [0.5, 0.6) is 5.75 Å². The van der Waals surface area contributed by atoms with Gasteiger partial charge >= 0.3 is 0 Å². The third-order valence-corrected chi connectivity index (χ3v) is 6.76. The molecule has 0 spiro atoms. The standard InChI is InChI=1S/C28H39BrN2O3/c1-8-20(4)30-27(33)24(9-2)31(17-21-13-11-10-12-19(21)3)26(32)18-34-25-15-14-22(16-23(25)29)28(5,6)7/h10-16,20,24H,8-9,17-18H2,1-7H3,(H,30,33)/t20-,24-/m1/s1. The number of amides is 2. The Morgan fingerprint density at radius 3 is 2.32 bits per heavy atom. The lowest BCUT2D eigenvalue weighted by atomic mass is 9.87. The summed E-state index contributed by atoms with van der Waals surface area (Å²) >= 11 is 3.58. The van der Waals surface area contributed by atoms with Crippen LogP contribution in [0.1, 0.15) is 71.1 Å². The van der Waals surface area contributed by atoms with Gasteiger partial charge in [-0.1, -0.05) is 65.0 Å². The molecule has 0 aliphatic rings. The highest BCUT2D eigenvalue weighted by Gasteiger charge is 2.30. The molecule has 0 radical (unpaired) electrons. The number of halogens is 1. The molecule has 0 saturated heterocycles. The number of benzene rings is 2. The topological polar surface area (TPSA) is 58.6 Å². The largest absolute Gasteiger partial charge is 0.483 e. The van der Waals surface area contributed by atoms with Crippen LogP contribution in [0.15, 0.2) is 46.9 Å². The third-order valence-electron chi connectivity index (χ3n) is 6.14. The molecular formula is C28H39BrN2O3. The molecule has 2 rings (SSSR count). The molecule has 0 fully saturated rings. The first kappa shape index (κ1) is 27.9. The maximum atomic E-state index is 13.4. The van der Waals surface area contributed by atoms with Gasteiger partial charge < -0.3 is 15.0 Å². The number of rotatable bonds is 10. The van der Waals surface area contributed by atoms with Crippen molar-refractivity contribution in [2.24, 2.45) is 0 Å². The van der Waals surface area contributed by atoms with Crippen molar-refractivity contribution in [3.63, 3.8) is 0 Å². The molecule has 0 aromatic heterocycles. The van der Waals surface area contributed by atoms with E-state index in [2.05, 4.69) is 42.0 Å². The first-order valence-electron chi connectivity index (χ1n) is 12.0. The molecule has 5 nitrogen and oxygen atoms in total. The minimum absolute atomic E-state index is 0.0124. The highest BCUT2D eigenvalue weighted by Crippen LogP contribution is 2.31. The molecule has 34 heavy (non-hydrogen) atoms. The lowest BCUT2D eigenvalue weighted by Crippen LogP contribution is -2.51. The van der Waals surface area contributed by atoms with E-state index in [-0.39, 0.29) is 29.9 Å². The molecule has 2 amide bonds. The van der Waals surface area contributed by atoms with E-state index in [1.165, 1.54) is 5.56 Å². The van der Waals surface area contributed by atoms with Crippen LogP contribution in [0.2, 0.25) is 0 Å². The van der Waals surface area contributed by atoms with E-state index in [1.807, 2.05) is 70.2 Å². The third kappa shape index (κ3) is 7.59. The van der Waals surface area contributed by atoms with E-state index in [4.69, 9.17) is 4.74 Å². The first-order valence-corrected chi connectivity index (χ1v) is 12.8. The van der Waals surface area contributed by atoms with Crippen molar-refractivity contribution in [2.75, 3.05) is 6.61 Å². The molecule has 0 heterocycles. The van der Waals surface area contributed by atoms with Gasteiger partial charge in [-0.15, -0.1) is 0 Å². The minimum atomic E-state index is -0.573. The van der Waals surface area contributed by atoms with Gasteiger partial charge in [-0.25, -0.2) is 0 Å². The zero-order valence-electron chi connectivity index (χ0n) is 21.6. The molecule has 186 valence electrons. The van der Waals surface area contributed by atoms with Crippen LogP contribution >= 0.6 is 15.9 Å². The average molecular weight is 532 g/mol. The normalized spacial score (nSPS) is 13.2. The van der Waals surface area contributed by atoms with Crippen molar-refractivity contribution in [2.45, 2.75) is 85.4 Å². The fourth-order valence-corrected chi connectivity index (χ4v) is 4.13. The van der Waals surface area contributed by atoms with Gasteiger partial charge in [0.2, 0.25) is 5.91 Å². The lowest BCUT2D eigenvalue weighted by molar-refractivity contribution is -0.143. The second-order valence-corrected chi connectivity index (χ2v) is 10.7. The number of carbonyl (C=O) groups excluding carboxylic acids is 2. The Bertz CT molecular complexity index is 984. The van der Waals surface area contributed by atoms with Crippen LogP contribution in [0, 0.1) is 6.92 Å². The lowest BCUT2D eigenvalue weighted by Gasteiger charge is -2.32. The van der Waals surface area contributed by atoms with Crippen LogP contribution in [-0.2, 0) is 21.5 Å². The van der Waals surface area contributed by atoms with Crippen LogP contribution in [0.4, 0.5) is 0 Å². The van der Waals surface area contributed by atoms with Crippen molar-refractivity contribution in [3.05, 3.63) is 63.6 Å². The summed E-state index contributed by atoms with van der Waals surface area (Å²) in [5, 5.41) is 3.04. The molecule has 1 N–H and O–H groups in total. The maximum absolute atomic E-state index is 13.4. The van der Waals surface area contributed by atoms with Crippen LogP contribution in [-0.4, -0.2) is 35.4 Å². The SMILES string of the molecule is CC[C@@H](C)NC(=O)[C@@H](CC)N(Cc1ccccc1C)C(=O)COc1ccc(C(C)(C)C)cc1Br. The van der Waals surface area contributed by atoms with Crippen LogP contribution in [0.25, 0.3) is 0 Å². The van der Waals surface area contributed by atoms with E-state index >= 15 is 0 Å². The number of carbonyl (C=O) groups is 2. The molecule has 6 heteroatoms. The Kier molecular flexibility index (Phi) is 10.2. The van der Waals surface area contributed by atoms with Gasteiger partial charge in [-0.05, 0) is 76.9 Å². The van der Waals surface area contributed by atoms with E-state index < -0.39 is 6.04 Å². The summed E-state index contributed by atoms with van der Waals surface area (Å²) in [6.07, 6.45) is 1.35. The van der Waals surface area contributed by atoms with Crippen molar-refractivity contribution in [1.82, 2.24) is 10.2 Å². The van der Waals surface area contributed by atoms with E-state index in [1.54, 1.807) is 4.90 Å². The average Bonchev–Trinajstić information content (AvgIpc) is 2.78. The molecule has 0 aliphatic carbocycles. The summed E-state index contributed by atoms with van der Waals surface area (Å²) < 4.78 is 6.73. The monoisotopic (exact) mass is 530 g/mol. The van der Waals surface area contributed by atoms with E-state index in [9.17, 15) is 9.59 Å². The van der Waals surface area contributed by atoms with Crippen LogP contribution in [0.3, 0.4) is 0 Å². The van der Waals surface area contributed by atoms with Crippen molar-refractivity contribution in [3.8, 4) is 5.75 Å². The van der Waals surface area contributed by atoms with E-state index in [0.717, 1.165) is 22.0 Å². The van der Waals surface area contributed by atoms with Crippen molar-refractivity contribution < 1.29 is 14.3 Å². The summed E-state index contributed by atoms with van der Waals surface area (Å²) in [6, 6.07) is 13.3. The maximum Gasteiger partial charge on any atom is 0.261 e. The predicted molar refractivity (Wildman–Crippen MR) is 142 cm³/mol. The molecule has 0 aliphatic heterocycles. The number of ether oxygens (including phenoxy) is 1. The minimum Gasteiger partial charge on any atom is -0.483 e. The quantitative estimate of drug-likeness (QED) is 0.400. The zero-order valence-corrected chi connectivity index (χ0v) is 23.2. The Hall–Kier alpha value is -2.34. The smallest absolute Gasteiger partial charge is 0.261 e. The Morgan fingerprint density at radius 1 is 1.09 bits per heavy atom. The Morgan fingerprint density at radius 2 is 1.76 bits per heavy atom. The molecule has 2 aromatic carbocycles. The van der Waals surface area contributed by atoms with Gasteiger partial charge in [0.15, 0.2) is 6.61 Å². The molecule has 0 bridgehead atoms. The number of hydrogen-bond acceptors (Lipinski definition) is 3. The van der Waals surface area contributed by atoms with Gasteiger partial charge in [-0.3, -0.25) is 9.59 Å². The number of nitrogens with one attached hydrogen (secondary N) is 1. The zero-order chi connectivity index (χ0) is 25.5. The van der Waals surface area contributed by atoms with Gasteiger partial charge in [0.1, 0.15) is 11.8 Å². The predicted octanol–water partition coefficient (Wildman–Crippen LogP) is 6.16. The summed E-state index contributed by atoms with van der Waals surface area (Å²) in [5.74, 6) is 0.255. The molecule has 0 saturated carbocycles. The Balaban J connectivity index is 2.26. The first-order chi connectivity index (χ1) is 16.0. The highest BCUT2D eigenvalue weighted by molar-refractivity contribution is 9.10. The summed E-state index contributed by atoms with van der Waals surface area (Å²) in [6.45, 7) is 14.6. The molecular weight excluding hydrogens is 492 g/mol. The fraction of sp³-hybridized carbons (Fsp3) is 0.500. The molecule has 2 aromatic rings. The van der Waals surface area contributed by atoms with Crippen LogP contribution < -0.4 is 10.1 Å². The molecule has 0 unspecified atom stereocenters. The van der Waals surface area contributed by atoms with Crippen molar-refractivity contribution >= 4 is 27.7 Å². The van der Waals surface area contributed by atoms with E-state index in [0.29, 0.717) is 18.7 Å². The summed E-state index contributed by atoms with van der Waals surface area (Å²) in [5.41, 5.74) is 3.28. The van der Waals surface area contributed by atoms with Crippen molar-refractivity contribution in [1.29, 1.82) is 0 Å². The van der Waals surface area contributed by atoms with Gasteiger partial charge in [0, 0.05) is 12.6 Å². The number of hydrogen-bond donors (Lipinski definition) is 1. The summed E-state index contributed by atoms with van der Waals surface area (Å²) in [7, 11) is 0. The number of nitrogens with zero attached hydrogens (tertiary/aromatic N) is 1. The Labute approximate surface area is 213 Å². The highest BCUT2D eigenvalue weighted by atomic mass is 79.9. The fourth-order valence-electron chi connectivity index (χ4n) is 3.64. The summed E-state index contributed by atoms with van der Waals surface area (Å²) in [4.78, 5) is 28.2. The second kappa shape index (κ2) is 12.4. The van der Waals surface area contributed by atoms with Gasteiger partial charge in [0.05, 0.1) is 4.47 Å². The molecule has 2 atom stereocenters. The number of aryl methyl sites for hydroxylation is 1. The van der Waals surface area contributed by atoms with Gasteiger partial charge in [-0.2, -0.15) is 0 Å².